The van der Waals surface area contributed by atoms with E-state index in [0.29, 0.717) is 19.5 Å². The molecule has 2 atom stereocenters. The molecule has 208 valence electrons. The highest BCUT2D eigenvalue weighted by Crippen LogP contribution is 2.29. The number of fused-ring (bicyclic) bond motifs is 1. The number of amides is 4. The molecule has 4 amide bonds. The topological polar surface area (TPSA) is 85.4 Å². The van der Waals surface area contributed by atoms with Crippen molar-refractivity contribution < 1.29 is 19.1 Å². The van der Waals surface area contributed by atoms with Crippen LogP contribution in [0.3, 0.4) is 0 Å². The Bertz CT molecular complexity index is 1350. The Kier molecular flexibility index (Phi) is 8.02. The highest BCUT2D eigenvalue weighted by Gasteiger charge is 2.50. The average molecular weight is 542 g/mol. The third kappa shape index (κ3) is 5.79. The number of nitrogens with zero attached hydrogens (tertiary/aromatic N) is 4. The molecule has 3 aromatic rings. The number of hydrazine groups is 1. The highest BCUT2D eigenvalue weighted by molar-refractivity contribution is 5.91. The lowest BCUT2D eigenvalue weighted by Gasteiger charge is -2.54. The van der Waals surface area contributed by atoms with E-state index >= 15 is 0 Å². The van der Waals surface area contributed by atoms with E-state index < -0.39 is 12.2 Å². The molecule has 9 nitrogen and oxygen atoms in total. The van der Waals surface area contributed by atoms with Crippen LogP contribution in [0, 0.1) is 6.92 Å². The van der Waals surface area contributed by atoms with Gasteiger partial charge in [-0.25, -0.2) is 14.8 Å². The summed E-state index contributed by atoms with van der Waals surface area (Å²) in [5.74, 6) is 0.457. The first-order valence-electron chi connectivity index (χ1n) is 13.4. The van der Waals surface area contributed by atoms with Crippen molar-refractivity contribution in [1.29, 1.82) is 0 Å². The summed E-state index contributed by atoms with van der Waals surface area (Å²) in [4.78, 5) is 44.4. The van der Waals surface area contributed by atoms with Gasteiger partial charge >= 0.3 is 6.03 Å². The van der Waals surface area contributed by atoms with E-state index in [1.54, 1.807) is 34.0 Å². The molecule has 0 saturated carbocycles. The van der Waals surface area contributed by atoms with Gasteiger partial charge in [0.15, 0.2) is 0 Å². The van der Waals surface area contributed by atoms with Gasteiger partial charge in [0, 0.05) is 26.6 Å². The van der Waals surface area contributed by atoms with E-state index in [1.165, 1.54) is 0 Å². The molecule has 2 heterocycles. The number of likely N-dealkylation sites (N-methyl/N-ethyl adjacent to an activating group) is 1. The van der Waals surface area contributed by atoms with Crippen LogP contribution < -0.4 is 10.1 Å². The van der Waals surface area contributed by atoms with Crippen LogP contribution in [0.2, 0.25) is 0 Å². The maximum Gasteiger partial charge on any atom is 0.334 e. The van der Waals surface area contributed by atoms with E-state index in [0.717, 1.165) is 28.0 Å². The lowest BCUT2D eigenvalue weighted by atomic mass is 9.98. The molecule has 0 radical (unpaired) electrons. The Morgan fingerprint density at radius 3 is 2.27 bits per heavy atom. The first-order valence-corrected chi connectivity index (χ1v) is 13.4. The number of urea groups is 1. The minimum absolute atomic E-state index is 0.00296. The van der Waals surface area contributed by atoms with Crippen molar-refractivity contribution in [3.05, 3.63) is 101 Å². The van der Waals surface area contributed by atoms with Gasteiger partial charge in [-0.3, -0.25) is 9.59 Å². The maximum atomic E-state index is 13.9. The average Bonchev–Trinajstić information content (AvgIpc) is 2.96. The fourth-order valence-electron chi connectivity index (χ4n) is 5.40. The van der Waals surface area contributed by atoms with Crippen LogP contribution in [0.25, 0.3) is 0 Å². The monoisotopic (exact) mass is 541 g/mol. The number of ether oxygens (including phenoxy) is 1. The second-order valence-electron chi connectivity index (χ2n) is 10.4. The zero-order valence-corrected chi connectivity index (χ0v) is 23.1. The molecular formula is C31H35N5O4. The van der Waals surface area contributed by atoms with E-state index in [-0.39, 0.29) is 30.9 Å². The number of methoxy groups -OCH3 is 1. The van der Waals surface area contributed by atoms with Gasteiger partial charge in [-0.2, -0.15) is 0 Å². The van der Waals surface area contributed by atoms with Crippen LogP contribution in [0.15, 0.2) is 78.9 Å². The first-order chi connectivity index (χ1) is 19.3. The molecule has 2 saturated heterocycles. The van der Waals surface area contributed by atoms with Gasteiger partial charge in [-0.05, 0) is 35.7 Å². The molecule has 0 aliphatic carbocycles. The number of hydrogen-bond acceptors (Lipinski definition) is 5. The minimum Gasteiger partial charge on any atom is -0.497 e. The van der Waals surface area contributed by atoms with E-state index in [1.807, 2.05) is 85.8 Å². The Morgan fingerprint density at radius 2 is 1.60 bits per heavy atom. The number of hydrogen-bond donors (Lipinski definition) is 1. The summed E-state index contributed by atoms with van der Waals surface area (Å²) in [6.45, 7) is 2.95. The van der Waals surface area contributed by atoms with Gasteiger partial charge in [-0.1, -0.05) is 72.3 Å². The fraction of sp³-hybridized carbons (Fsp3) is 0.323. The number of nitrogens with one attached hydrogen (secondary N) is 1. The van der Waals surface area contributed by atoms with Crippen LogP contribution >= 0.6 is 0 Å². The van der Waals surface area contributed by atoms with Crippen molar-refractivity contribution in [1.82, 2.24) is 25.1 Å². The van der Waals surface area contributed by atoms with Crippen molar-refractivity contribution >= 4 is 17.8 Å². The van der Waals surface area contributed by atoms with Crippen LogP contribution in [0.1, 0.15) is 22.3 Å². The molecule has 0 unspecified atom stereocenters. The number of carbonyl (C=O) groups excluding carboxylic acids is 3. The highest BCUT2D eigenvalue weighted by atomic mass is 16.5. The number of aryl methyl sites for hydroxylation is 1. The molecule has 0 bridgehead atoms. The number of rotatable bonds is 7. The van der Waals surface area contributed by atoms with Crippen LogP contribution in [-0.4, -0.2) is 77.1 Å². The number of carbonyl (C=O) groups is 3. The van der Waals surface area contributed by atoms with E-state index in [2.05, 4.69) is 5.32 Å². The molecule has 2 aliphatic heterocycles. The molecular weight excluding hydrogens is 506 g/mol. The lowest BCUT2D eigenvalue weighted by Crippen LogP contribution is -2.76. The van der Waals surface area contributed by atoms with E-state index in [4.69, 9.17) is 4.74 Å². The Hall–Kier alpha value is -4.37. The molecule has 40 heavy (non-hydrogen) atoms. The molecule has 9 heteroatoms. The van der Waals surface area contributed by atoms with Gasteiger partial charge in [0.05, 0.1) is 20.2 Å². The van der Waals surface area contributed by atoms with Crippen molar-refractivity contribution in [2.45, 2.75) is 38.6 Å². The predicted octanol–water partition coefficient (Wildman–Crippen LogP) is 3.18. The predicted molar refractivity (Wildman–Crippen MR) is 151 cm³/mol. The summed E-state index contributed by atoms with van der Waals surface area (Å²) in [6.07, 6.45) is -0.267. The summed E-state index contributed by atoms with van der Waals surface area (Å²) >= 11 is 0. The number of benzene rings is 3. The third-order valence-electron chi connectivity index (χ3n) is 7.52. The summed E-state index contributed by atoms with van der Waals surface area (Å²) in [6, 6.07) is 24.2. The zero-order chi connectivity index (χ0) is 28.2. The molecule has 1 N–H and O–H groups in total. The standard InChI is InChI=1S/C31H35N5O4/c1-22-9-11-25(12-10-22)19-34-20-28-35(27(30(34)38)17-23-7-5-4-6-8-23)29(37)21-33(2)36(28)31(39)32-18-24-13-15-26(40-3)16-14-24/h4-16,27-28H,17-21H2,1-3H3,(H,32,39)/t27-,28-/m0/s1. The normalized spacial score (nSPS) is 19.4. The van der Waals surface area contributed by atoms with Crippen LogP contribution in [0.4, 0.5) is 4.79 Å². The van der Waals surface area contributed by atoms with Gasteiger partial charge < -0.3 is 19.9 Å². The third-order valence-corrected chi connectivity index (χ3v) is 7.52. The van der Waals surface area contributed by atoms with Gasteiger partial charge in [0.25, 0.3) is 0 Å². The molecule has 0 spiro atoms. The maximum absolute atomic E-state index is 13.9. The molecule has 5 rings (SSSR count). The molecule has 2 fully saturated rings. The smallest absolute Gasteiger partial charge is 0.334 e. The van der Waals surface area contributed by atoms with Crippen molar-refractivity contribution in [3.8, 4) is 5.75 Å². The Morgan fingerprint density at radius 1 is 0.925 bits per heavy atom. The van der Waals surface area contributed by atoms with Crippen LogP contribution in [-0.2, 0) is 29.1 Å². The minimum atomic E-state index is -0.718. The van der Waals surface area contributed by atoms with E-state index in [9.17, 15) is 14.4 Å². The first kappa shape index (κ1) is 27.2. The Labute approximate surface area is 234 Å². The van der Waals surface area contributed by atoms with Crippen molar-refractivity contribution in [2.75, 3.05) is 27.2 Å². The molecule has 3 aromatic carbocycles. The fourth-order valence-corrected chi connectivity index (χ4v) is 5.40. The SMILES string of the molecule is COc1ccc(CNC(=O)N2[C@H]3CN(Cc4ccc(C)cc4)C(=O)[C@H](Cc4ccccc4)N3C(=O)CN2C)cc1. The number of piperazine rings is 1. The second-order valence-corrected chi connectivity index (χ2v) is 10.4. The van der Waals surface area contributed by atoms with Crippen molar-refractivity contribution in [2.24, 2.45) is 0 Å². The molecule has 2 aliphatic rings. The van der Waals surface area contributed by atoms with Crippen molar-refractivity contribution in [3.63, 3.8) is 0 Å². The molecule has 0 aromatic heterocycles. The Balaban J connectivity index is 1.42. The van der Waals surface area contributed by atoms with Crippen LogP contribution in [0.5, 0.6) is 5.75 Å². The summed E-state index contributed by atoms with van der Waals surface area (Å²) < 4.78 is 5.22. The summed E-state index contributed by atoms with van der Waals surface area (Å²) in [5, 5.41) is 6.22. The van der Waals surface area contributed by atoms with Gasteiger partial charge in [0.2, 0.25) is 11.8 Å². The van der Waals surface area contributed by atoms with Gasteiger partial charge in [0.1, 0.15) is 18.0 Å². The van der Waals surface area contributed by atoms with Gasteiger partial charge in [-0.15, -0.1) is 0 Å². The largest absolute Gasteiger partial charge is 0.497 e. The summed E-state index contributed by atoms with van der Waals surface area (Å²) in [5.41, 5.74) is 4.01. The summed E-state index contributed by atoms with van der Waals surface area (Å²) in [7, 11) is 3.34. The lowest BCUT2D eigenvalue weighted by molar-refractivity contribution is -0.187. The second kappa shape index (κ2) is 11.8. The quantitative estimate of drug-likeness (QED) is 0.497. The zero-order valence-electron chi connectivity index (χ0n) is 23.1.